The van der Waals surface area contributed by atoms with E-state index in [0.717, 1.165) is 19.4 Å². The van der Waals surface area contributed by atoms with Gasteiger partial charge in [0.1, 0.15) is 24.6 Å². The summed E-state index contributed by atoms with van der Waals surface area (Å²) < 4.78 is 4.85. The van der Waals surface area contributed by atoms with Crippen molar-refractivity contribution in [2.24, 2.45) is 0 Å². The van der Waals surface area contributed by atoms with Gasteiger partial charge >= 0.3 is 0 Å². The predicted octanol–water partition coefficient (Wildman–Crippen LogP) is 10.1. The summed E-state index contributed by atoms with van der Waals surface area (Å²) >= 11 is 0. The Morgan fingerprint density at radius 1 is 0.721 bits per heavy atom. The summed E-state index contributed by atoms with van der Waals surface area (Å²) in [6.45, 7) is 10.2. The molecule has 1 aliphatic carbocycles. The fourth-order valence-electron chi connectivity index (χ4n) is 6.70. The highest BCUT2D eigenvalue weighted by molar-refractivity contribution is 5.78. The molecule has 7 rings (SSSR count). The van der Waals surface area contributed by atoms with Gasteiger partial charge in [0.15, 0.2) is 0 Å². The molecule has 43 heavy (non-hydrogen) atoms. The second-order valence-electron chi connectivity index (χ2n) is 12.4. The minimum Gasteiger partial charge on any atom is -0.311 e. The molecule has 0 N–H and O–H groups in total. The zero-order valence-corrected chi connectivity index (χ0v) is 25.7. The molecule has 0 fully saturated rings. The third-order valence-corrected chi connectivity index (χ3v) is 8.83. The number of hydrogen-bond donors (Lipinski definition) is 0. The van der Waals surface area contributed by atoms with Crippen LogP contribution in [0.4, 0.5) is 11.4 Å². The molecule has 0 bridgehead atoms. The molecule has 0 saturated carbocycles. The van der Waals surface area contributed by atoms with Crippen LogP contribution >= 0.6 is 0 Å². The maximum Gasteiger partial charge on any atom is 0.294 e. The first-order valence-corrected chi connectivity index (χ1v) is 15.7. The Labute approximate surface area is 256 Å². The Hall–Kier alpha value is -4.63. The molecule has 0 saturated heterocycles. The number of allylic oxidation sites excluding steroid dienone is 3. The molecule has 4 aromatic carbocycles. The van der Waals surface area contributed by atoms with Crippen molar-refractivity contribution in [2.75, 3.05) is 4.90 Å². The van der Waals surface area contributed by atoms with Crippen LogP contribution in [0.15, 0.2) is 127 Å². The SMILES string of the molecule is CC(C)c1cc(-c2cccc(N(C3=CCCC=C3)c3ccccc3)c2)cc(C(C)C)c1-n1cc[n+]2c1-c1ccccc1C2. The summed E-state index contributed by atoms with van der Waals surface area (Å²) in [6.07, 6.45) is 13.6. The van der Waals surface area contributed by atoms with E-state index in [2.05, 4.69) is 163 Å². The largest absolute Gasteiger partial charge is 0.311 e. The number of para-hydroxylation sites is 1. The highest BCUT2D eigenvalue weighted by atomic mass is 15.2. The normalized spacial score (nSPS) is 13.8. The number of hydrogen-bond acceptors (Lipinski definition) is 1. The average Bonchev–Trinajstić information content (AvgIpc) is 3.61. The van der Waals surface area contributed by atoms with Crippen LogP contribution in [0.2, 0.25) is 0 Å². The van der Waals surface area contributed by atoms with Crippen LogP contribution < -0.4 is 9.47 Å². The van der Waals surface area contributed by atoms with Gasteiger partial charge in [-0.25, -0.2) is 4.57 Å². The van der Waals surface area contributed by atoms with E-state index in [-0.39, 0.29) is 0 Å². The number of rotatable bonds is 7. The van der Waals surface area contributed by atoms with Gasteiger partial charge < -0.3 is 4.90 Å². The average molecular weight is 563 g/mol. The molecule has 2 heterocycles. The van der Waals surface area contributed by atoms with Crippen LogP contribution in [0.5, 0.6) is 0 Å². The Balaban J connectivity index is 1.38. The van der Waals surface area contributed by atoms with Crippen LogP contribution in [0, 0.1) is 0 Å². The van der Waals surface area contributed by atoms with Gasteiger partial charge in [0.2, 0.25) is 0 Å². The lowest BCUT2D eigenvalue weighted by atomic mass is 9.88. The second-order valence-corrected chi connectivity index (χ2v) is 12.4. The van der Waals surface area contributed by atoms with E-state index in [4.69, 9.17) is 0 Å². The highest BCUT2D eigenvalue weighted by Crippen LogP contribution is 2.40. The summed E-state index contributed by atoms with van der Waals surface area (Å²) in [6, 6.07) is 33.5. The van der Waals surface area contributed by atoms with Gasteiger partial charge in [-0.2, -0.15) is 4.57 Å². The van der Waals surface area contributed by atoms with Gasteiger partial charge in [-0.3, -0.25) is 0 Å². The minimum absolute atomic E-state index is 0.369. The van der Waals surface area contributed by atoms with Crippen molar-refractivity contribution >= 4 is 11.4 Å². The first-order valence-electron chi connectivity index (χ1n) is 15.7. The first kappa shape index (κ1) is 27.2. The minimum atomic E-state index is 0.369. The first-order chi connectivity index (χ1) is 21.0. The smallest absolute Gasteiger partial charge is 0.294 e. The van der Waals surface area contributed by atoms with E-state index < -0.39 is 0 Å². The van der Waals surface area contributed by atoms with Gasteiger partial charge in [-0.1, -0.05) is 88.4 Å². The van der Waals surface area contributed by atoms with Gasteiger partial charge in [-0.15, -0.1) is 0 Å². The molecule has 0 atom stereocenters. The number of aromatic nitrogens is 2. The molecule has 1 aliphatic heterocycles. The lowest BCUT2D eigenvalue weighted by Crippen LogP contribution is -2.30. The quantitative estimate of drug-likeness (QED) is 0.176. The Bertz CT molecular complexity index is 1820. The molecule has 0 radical (unpaired) electrons. The van der Waals surface area contributed by atoms with Crippen molar-refractivity contribution in [3.05, 3.63) is 144 Å². The molecule has 2 aliphatic rings. The molecule has 0 unspecified atom stereocenters. The Kier molecular flexibility index (Phi) is 7.10. The number of nitrogens with zero attached hydrogens (tertiary/aromatic N) is 3. The fraction of sp³-hybridized carbons (Fsp3) is 0.225. The summed E-state index contributed by atoms with van der Waals surface area (Å²) in [5.74, 6) is 2.02. The molecular formula is C40H40N3+. The van der Waals surface area contributed by atoms with Crippen molar-refractivity contribution in [1.29, 1.82) is 0 Å². The van der Waals surface area contributed by atoms with E-state index >= 15 is 0 Å². The standard InChI is InChI=1S/C40H40N3/c1-28(2)37-25-32(26-38(29(3)4)39(37)42-23-22-41-27-31-14-11-12-21-36(31)40(41)42)30-15-13-20-35(24-30)43(33-16-7-5-8-17-33)34-18-9-6-10-19-34/h5,7-9,11-26,28-29H,6,10,27H2,1-4H3/q+1. The van der Waals surface area contributed by atoms with Crippen LogP contribution in [-0.2, 0) is 6.54 Å². The van der Waals surface area contributed by atoms with E-state index in [1.165, 1.54) is 62.0 Å². The van der Waals surface area contributed by atoms with E-state index in [1.54, 1.807) is 0 Å². The van der Waals surface area contributed by atoms with Crippen LogP contribution in [0.25, 0.3) is 28.2 Å². The van der Waals surface area contributed by atoms with Crippen molar-refractivity contribution in [2.45, 2.75) is 58.9 Å². The molecule has 0 spiro atoms. The fourth-order valence-corrected chi connectivity index (χ4v) is 6.70. The number of fused-ring (bicyclic) bond motifs is 3. The lowest BCUT2D eigenvalue weighted by Gasteiger charge is -2.28. The van der Waals surface area contributed by atoms with Crippen molar-refractivity contribution in [3.63, 3.8) is 0 Å². The zero-order valence-electron chi connectivity index (χ0n) is 25.7. The van der Waals surface area contributed by atoms with Crippen molar-refractivity contribution in [1.82, 2.24) is 4.57 Å². The predicted molar refractivity (Wildman–Crippen MR) is 179 cm³/mol. The number of anilines is 2. The second kappa shape index (κ2) is 11.2. The van der Waals surface area contributed by atoms with Gasteiger partial charge in [0.05, 0.1) is 5.56 Å². The Morgan fingerprint density at radius 3 is 2.16 bits per heavy atom. The summed E-state index contributed by atoms with van der Waals surface area (Å²) in [7, 11) is 0. The third-order valence-electron chi connectivity index (χ3n) is 8.83. The van der Waals surface area contributed by atoms with Gasteiger partial charge in [0.25, 0.3) is 5.82 Å². The van der Waals surface area contributed by atoms with Crippen LogP contribution in [-0.4, -0.2) is 4.57 Å². The van der Waals surface area contributed by atoms with Crippen LogP contribution in [0.3, 0.4) is 0 Å². The molecule has 1 aromatic heterocycles. The molecule has 5 aromatic rings. The molecule has 0 amide bonds. The maximum absolute atomic E-state index is 2.45. The van der Waals surface area contributed by atoms with Gasteiger partial charge in [-0.05, 0) is 84.3 Å². The van der Waals surface area contributed by atoms with Crippen LogP contribution in [0.1, 0.15) is 69.1 Å². The summed E-state index contributed by atoms with van der Waals surface area (Å²) in [4.78, 5) is 2.39. The van der Waals surface area contributed by atoms with E-state index in [1.807, 2.05) is 0 Å². The van der Waals surface area contributed by atoms with E-state index in [9.17, 15) is 0 Å². The number of imidazole rings is 1. The maximum atomic E-state index is 2.45. The third kappa shape index (κ3) is 4.93. The molecule has 3 nitrogen and oxygen atoms in total. The molecular weight excluding hydrogens is 522 g/mol. The van der Waals surface area contributed by atoms with Gasteiger partial charge in [0, 0.05) is 33.8 Å². The highest BCUT2D eigenvalue weighted by Gasteiger charge is 2.33. The molecule has 214 valence electrons. The molecule has 3 heteroatoms. The summed E-state index contributed by atoms with van der Waals surface area (Å²) in [5, 5.41) is 0. The topological polar surface area (TPSA) is 12.1 Å². The number of benzene rings is 4. The zero-order chi connectivity index (χ0) is 29.5. The lowest BCUT2D eigenvalue weighted by molar-refractivity contribution is -0.671. The van der Waals surface area contributed by atoms with Crippen molar-refractivity contribution in [3.8, 4) is 28.2 Å². The van der Waals surface area contributed by atoms with Crippen molar-refractivity contribution < 1.29 is 4.57 Å². The summed E-state index contributed by atoms with van der Waals surface area (Å²) in [5.41, 5.74) is 12.9. The Morgan fingerprint density at radius 2 is 1.44 bits per heavy atom. The van der Waals surface area contributed by atoms with E-state index in [0.29, 0.717) is 11.8 Å². The monoisotopic (exact) mass is 562 g/mol.